The number of ketones is 1. The minimum absolute atomic E-state index is 0.0507. The number of carbonyl (C=O) groups is 2. The Morgan fingerprint density at radius 3 is 2.00 bits per heavy atom. The summed E-state index contributed by atoms with van der Waals surface area (Å²) in [5, 5.41) is 8.56. The van der Waals surface area contributed by atoms with Crippen LogP contribution < -0.4 is 5.73 Å². The van der Waals surface area contributed by atoms with Crippen LogP contribution in [0, 0.1) is 0 Å². The molecule has 4 heteroatoms. The first-order valence-electron chi connectivity index (χ1n) is 3.33. The van der Waals surface area contributed by atoms with E-state index < -0.39 is 5.97 Å². The maximum Gasteiger partial charge on any atom is 0.337 e. The molecule has 0 unspecified atom stereocenters. The summed E-state index contributed by atoms with van der Waals surface area (Å²) in [5.41, 5.74) is 5.39. The van der Waals surface area contributed by atoms with Crippen LogP contribution >= 0.6 is 0 Å². The number of hydrogen-bond donors (Lipinski definition) is 2. The molecule has 0 aromatic heterocycles. The molecule has 0 bridgehead atoms. The second-order valence-corrected chi connectivity index (χ2v) is 2.35. The minimum atomic E-state index is -1.13. The third kappa shape index (κ3) is 3.55. The van der Waals surface area contributed by atoms with Gasteiger partial charge in [0.05, 0.1) is 5.57 Å². The Morgan fingerprint density at radius 1 is 1.25 bits per heavy atom. The quantitative estimate of drug-likeness (QED) is 0.474. The van der Waals surface area contributed by atoms with Gasteiger partial charge in [-0.05, 0) is 26.0 Å². The van der Waals surface area contributed by atoms with Crippen LogP contribution in [0.1, 0.15) is 13.8 Å². The van der Waals surface area contributed by atoms with Crippen molar-refractivity contribution in [2.75, 3.05) is 0 Å². The van der Waals surface area contributed by atoms with Gasteiger partial charge >= 0.3 is 5.97 Å². The lowest BCUT2D eigenvalue weighted by Crippen LogP contribution is -2.06. The number of aliphatic carboxylic acids is 1. The van der Waals surface area contributed by atoms with Gasteiger partial charge in [-0.15, -0.1) is 0 Å². The van der Waals surface area contributed by atoms with Gasteiger partial charge in [-0.3, -0.25) is 4.79 Å². The average Bonchev–Trinajstić information content (AvgIpc) is 1.84. The molecule has 12 heavy (non-hydrogen) atoms. The van der Waals surface area contributed by atoms with Gasteiger partial charge in [0.1, 0.15) is 0 Å². The molecule has 0 atom stereocenters. The third-order valence-corrected chi connectivity index (χ3v) is 1.14. The van der Waals surface area contributed by atoms with Crippen LogP contribution in [0.2, 0.25) is 0 Å². The Morgan fingerprint density at radius 2 is 1.75 bits per heavy atom. The molecule has 0 aromatic carbocycles. The fraction of sp³-hybridized carbons (Fsp3) is 0.250. The van der Waals surface area contributed by atoms with Gasteiger partial charge in [0.25, 0.3) is 0 Å². The second kappa shape index (κ2) is 4.33. The maximum atomic E-state index is 10.5. The van der Waals surface area contributed by atoms with Crippen LogP contribution in [0.15, 0.2) is 23.4 Å². The summed E-state index contributed by atoms with van der Waals surface area (Å²) in [7, 11) is 0. The zero-order valence-corrected chi connectivity index (χ0v) is 7.00. The van der Waals surface area contributed by atoms with Crippen LogP contribution in [0.5, 0.6) is 0 Å². The van der Waals surface area contributed by atoms with Crippen molar-refractivity contribution in [3.8, 4) is 0 Å². The molecule has 0 aliphatic carbocycles. The fourth-order valence-electron chi connectivity index (χ4n) is 0.572. The van der Waals surface area contributed by atoms with E-state index in [2.05, 4.69) is 0 Å². The average molecular weight is 169 g/mol. The Bertz CT molecular complexity index is 259. The van der Waals surface area contributed by atoms with E-state index in [1.54, 1.807) is 0 Å². The van der Waals surface area contributed by atoms with E-state index in [4.69, 9.17) is 10.8 Å². The summed E-state index contributed by atoms with van der Waals surface area (Å²) in [6.45, 7) is 2.80. The summed E-state index contributed by atoms with van der Waals surface area (Å²) in [4.78, 5) is 20.9. The molecule has 0 aliphatic heterocycles. The van der Waals surface area contributed by atoms with E-state index >= 15 is 0 Å². The molecule has 0 radical (unpaired) electrons. The van der Waals surface area contributed by atoms with E-state index in [1.807, 2.05) is 0 Å². The van der Waals surface area contributed by atoms with Crippen LogP contribution in [-0.2, 0) is 9.59 Å². The van der Waals surface area contributed by atoms with Crippen LogP contribution in [-0.4, -0.2) is 16.9 Å². The van der Waals surface area contributed by atoms with E-state index in [9.17, 15) is 9.59 Å². The minimum Gasteiger partial charge on any atom is -0.478 e. The number of hydrogen-bond acceptors (Lipinski definition) is 3. The Labute approximate surface area is 70.4 Å². The Balaban J connectivity index is 4.70. The molecule has 0 saturated heterocycles. The van der Waals surface area contributed by atoms with E-state index in [1.165, 1.54) is 26.0 Å². The summed E-state index contributed by atoms with van der Waals surface area (Å²) < 4.78 is 0. The number of allylic oxidation sites excluding steroid dienone is 2. The summed E-state index contributed by atoms with van der Waals surface area (Å²) >= 11 is 0. The van der Waals surface area contributed by atoms with Crippen LogP contribution in [0.3, 0.4) is 0 Å². The summed E-state index contributed by atoms with van der Waals surface area (Å²) in [6, 6.07) is 0. The highest BCUT2D eigenvalue weighted by molar-refractivity contribution is 5.94. The highest BCUT2D eigenvalue weighted by Gasteiger charge is 2.05. The first kappa shape index (κ1) is 10.4. The van der Waals surface area contributed by atoms with Crippen molar-refractivity contribution in [3.63, 3.8) is 0 Å². The highest BCUT2D eigenvalue weighted by atomic mass is 16.4. The summed E-state index contributed by atoms with van der Waals surface area (Å²) in [5.74, 6) is -1.34. The molecule has 0 aromatic rings. The number of carboxylic acid groups (broad SMARTS) is 1. The molecule has 66 valence electrons. The van der Waals surface area contributed by atoms with Gasteiger partial charge in [0.2, 0.25) is 0 Å². The molecule has 0 aliphatic rings. The van der Waals surface area contributed by atoms with Crippen LogP contribution in [0.25, 0.3) is 0 Å². The molecule has 0 heterocycles. The van der Waals surface area contributed by atoms with Gasteiger partial charge in [-0.1, -0.05) is 0 Å². The van der Waals surface area contributed by atoms with Crippen molar-refractivity contribution >= 4 is 11.8 Å². The summed E-state index contributed by atoms with van der Waals surface area (Å²) in [6.07, 6.45) is 2.36. The van der Waals surface area contributed by atoms with Gasteiger partial charge in [-0.25, -0.2) is 4.79 Å². The van der Waals surface area contributed by atoms with Crippen LogP contribution in [0.4, 0.5) is 0 Å². The standard InChI is InChI=1S/C8H11NO3/c1-5(10)3-4-7(6(2)9)8(11)12/h3-4H,9H2,1-2H3,(H,11,12)/b4-3+,7-6-. The van der Waals surface area contributed by atoms with E-state index in [0.29, 0.717) is 0 Å². The number of carboxylic acids is 1. The van der Waals surface area contributed by atoms with Crippen molar-refractivity contribution in [1.29, 1.82) is 0 Å². The number of carbonyl (C=O) groups excluding carboxylic acids is 1. The van der Waals surface area contributed by atoms with Gasteiger partial charge in [0.15, 0.2) is 5.78 Å². The lowest BCUT2D eigenvalue weighted by Gasteiger charge is -1.96. The van der Waals surface area contributed by atoms with E-state index in [-0.39, 0.29) is 17.1 Å². The Hall–Kier alpha value is -1.58. The normalized spacial score (nSPS) is 12.8. The molecule has 3 N–H and O–H groups in total. The van der Waals surface area contributed by atoms with Gasteiger partial charge < -0.3 is 10.8 Å². The third-order valence-electron chi connectivity index (χ3n) is 1.14. The second-order valence-electron chi connectivity index (χ2n) is 2.35. The SMILES string of the molecule is CC(=O)/C=C/C(C(=O)O)=C(\C)N. The maximum absolute atomic E-state index is 10.5. The topological polar surface area (TPSA) is 80.4 Å². The number of nitrogens with two attached hydrogens (primary N) is 1. The fourth-order valence-corrected chi connectivity index (χ4v) is 0.572. The van der Waals surface area contributed by atoms with Crippen molar-refractivity contribution in [2.24, 2.45) is 5.73 Å². The van der Waals surface area contributed by atoms with Gasteiger partial charge in [0, 0.05) is 5.70 Å². The first-order valence-corrected chi connectivity index (χ1v) is 3.33. The van der Waals surface area contributed by atoms with Crippen molar-refractivity contribution in [1.82, 2.24) is 0 Å². The largest absolute Gasteiger partial charge is 0.478 e. The molecule has 0 spiro atoms. The highest BCUT2D eigenvalue weighted by Crippen LogP contribution is 2.00. The zero-order chi connectivity index (χ0) is 9.72. The lowest BCUT2D eigenvalue weighted by molar-refractivity contribution is -0.132. The van der Waals surface area contributed by atoms with Crippen molar-refractivity contribution < 1.29 is 14.7 Å². The molecular weight excluding hydrogens is 158 g/mol. The number of rotatable bonds is 3. The monoisotopic (exact) mass is 169 g/mol. The molecule has 0 amide bonds. The van der Waals surface area contributed by atoms with E-state index in [0.717, 1.165) is 0 Å². The van der Waals surface area contributed by atoms with Crippen molar-refractivity contribution in [2.45, 2.75) is 13.8 Å². The molecule has 4 nitrogen and oxygen atoms in total. The predicted molar refractivity (Wildman–Crippen MR) is 44.3 cm³/mol. The Kier molecular flexibility index (Phi) is 3.76. The molecule has 0 fully saturated rings. The molecule has 0 rings (SSSR count). The molecule has 0 saturated carbocycles. The van der Waals surface area contributed by atoms with Gasteiger partial charge in [-0.2, -0.15) is 0 Å². The first-order chi connectivity index (χ1) is 5.45. The zero-order valence-electron chi connectivity index (χ0n) is 7.00. The molecular formula is C8H11NO3. The lowest BCUT2D eigenvalue weighted by atomic mass is 10.2. The smallest absolute Gasteiger partial charge is 0.337 e. The van der Waals surface area contributed by atoms with Crippen molar-refractivity contribution in [3.05, 3.63) is 23.4 Å². The predicted octanol–water partition coefficient (Wildman–Crippen LogP) is 0.449.